The van der Waals surface area contributed by atoms with Crippen molar-refractivity contribution < 1.29 is 21.4 Å². The minimum atomic E-state index is -4.58. The van der Waals surface area contributed by atoms with Gasteiger partial charge in [0.2, 0.25) is 10.0 Å². The van der Waals surface area contributed by atoms with Crippen LogP contribution in [-0.4, -0.2) is 21.4 Å². The molecule has 0 aromatic heterocycles. The number of benzene rings is 1. The molecule has 0 atom stereocenters. The van der Waals surface area contributed by atoms with Crippen molar-refractivity contribution in [3.8, 4) is 0 Å². The van der Waals surface area contributed by atoms with E-state index in [4.69, 9.17) is 9.69 Å². The Morgan fingerprint density at radius 3 is 1.71 bits per heavy atom. The van der Waals surface area contributed by atoms with Gasteiger partial charge in [-0.05, 0) is 12.1 Å². The van der Waals surface area contributed by atoms with E-state index in [0.29, 0.717) is 0 Å². The van der Waals surface area contributed by atoms with Gasteiger partial charge in [-0.1, -0.05) is 12.1 Å². The summed E-state index contributed by atoms with van der Waals surface area (Å²) in [4.78, 5) is -1.34. The normalized spacial score (nSPS) is 12.7. The van der Waals surface area contributed by atoms with Crippen molar-refractivity contribution in [3.63, 3.8) is 0 Å². The van der Waals surface area contributed by atoms with Crippen LogP contribution in [0.15, 0.2) is 34.1 Å². The Kier molecular flexibility index (Phi) is 2.63. The molecule has 1 aromatic rings. The number of hydrogen-bond acceptors (Lipinski definition) is 4. The second-order valence-electron chi connectivity index (χ2n) is 2.47. The van der Waals surface area contributed by atoms with E-state index < -0.39 is 29.9 Å². The van der Waals surface area contributed by atoms with Gasteiger partial charge < -0.3 is 0 Å². The predicted octanol–water partition coefficient (Wildman–Crippen LogP) is -0.419. The predicted molar refractivity (Wildman–Crippen MR) is 47.6 cm³/mol. The first-order chi connectivity index (χ1) is 6.23. The first kappa shape index (κ1) is 11.1. The van der Waals surface area contributed by atoms with Gasteiger partial charge in [0.15, 0.2) is 0 Å². The molecule has 78 valence electrons. The topological polar surface area (TPSA) is 115 Å². The van der Waals surface area contributed by atoms with Gasteiger partial charge in [0.05, 0.1) is 0 Å². The fourth-order valence-electron chi connectivity index (χ4n) is 0.898. The van der Waals surface area contributed by atoms with Crippen molar-refractivity contribution in [2.75, 3.05) is 0 Å². The first-order valence-electron chi connectivity index (χ1n) is 3.32. The maximum absolute atomic E-state index is 10.9. The SMILES string of the molecule is NS(=O)(=O)c1ccccc1S(=O)(=O)O. The Morgan fingerprint density at radius 1 is 1.00 bits per heavy atom. The number of primary sulfonamides is 1. The lowest BCUT2D eigenvalue weighted by Crippen LogP contribution is -2.16. The molecule has 0 heterocycles. The summed E-state index contributed by atoms with van der Waals surface area (Å²) in [5, 5.41) is 4.75. The average molecular weight is 237 g/mol. The highest BCUT2D eigenvalue weighted by Crippen LogP contribution is 2.18. The highest BCUT2D eigenvalue weighted by molar-refractivity contribution is 7.91. The molecule has 6 nitrogen and oxygen atoms in total. The molecule has 0 aliphatic heterocycles. The fraction of sp³-hybridized carbons (Fsp3) is 0. The fourth-order valence-corrected chi connectivity index (χ4v) is 2.75. The second-order valence-corrected chi connectivity index (χ2v) is 5.39. The first-order valence-corrected chi connectivity index (χ1v) is 6.31. The Bertz CT molecular complexity index is 494. The number of sulfonamides is 1. The molecular weight excluding hydrogens is 230 g/mol. The van der Waals surface area contributed by atoms with E-state index >= 15 is 0 Å². The molecule has 8 heteroatoms. The van der Waals surface area contributed by atoms with Crippen molar-refractivity contribution in [3.05, 3.63) is 24.3 Å². The smallest absolute Gasteiger partial charge is 0.282 e. The molecule has 14 heavy (non-hydrogen) atoms. The van der Waals surface area contributed by atoms with Crippen LogP contribution < -0.4 is 5.14 Å². The molecule has 0 saturated heterocycles. The average Bonchev–Trinajstić information content (AvgIpc) is 2.01. The minimum absolute atomic E-state index is 0.623. The van der Waals surface area contributed by atoms with E-state index in [0.717, 1.165) is 12.1 Å². The standard InChI is InChI=1S/C6H7NO5S2/c7-13(8,9)5-3-1-2-4-6(5)14(10,11)12/h1-4H,(H2,7,8,9)(H,10,11,12). The van der Waals surface area contributed by atoms with E-state index in [1.807, 2.05) is 0 Å². The summed E-state index contributed by atoms with van der Waals surface area (Å²) in [7, 11) is -8.73. The molecule has 0 radical (unpaired) electrons. The molecule has 0 fully saturated rings. The van der Waals surface area contributed by atoms with E-state index in [1.54, 1.807) is 0 Å². The lowest BCUT2D eigenvalue weighted by atomic mass is 10.4. The molecule has 3 N–H and O–H groups in total. The minimum Gasteiger partial charge on any atom is -0.282 e. The van der Waals surface area contributed by atoms with Gasteiger partial charge in [-0.15, -0.1) is 0 Å². The Hall–Kier alpha value is -0.960. The molecule has 1 rings (SSSR count). The maximum atomic E-state index is 10.9. The van der Waals surface area contributed by atoms with Crippen LogP contribution in [0.2, 0.25) is 0 Å². The van der Waals surface area contributed by atoms with E-state index in [2.05, 4.69) is 0 Å². The summed E-state index contributed by atoms with van der Waals surface area (Å²) >= 11 is 0. The molecule has 0 bridgehead atoms. The van der Waals surface area contributed by atoms with E-state index in [9.17, 15) is 16.8 Å². The zero-order valence-electron chi connectivity index (χ0n) is 6.78. The van der Waals surface area contributed by atoms with Gasteiger partial charge in [0, 0.05) is 0 Å². The van der Waals surface area contributed by atoms with Gasteiger partial charge in [-0.3, -0.25) is 4.55 Å². The molecule has 0 saturated carbocycles. The van der Waals surface area contributed by atoms with Crippen LogP contribution in [0, 0.1) is 0 Å². The maximum Gasteiger partial charge on any atom is 0.295 e. The third kappa shape index (κ3) is 2.29. The van der Waals surface area contributed by atoms with Crippen LogP contribution in [0.4, 0.5) is 0 Å². The molecule has 0 aliphatic rings. The zero-order valence-corrected chi connectivity index (χ0v) is 8.42. The third-order valence-electron chi connectivity index (χ3n) is 1.43. The van der Waals surface area contributed by atoms with Gasteiger partial charge >= 0.3 is 0 Å². The third-order valence-corrected chi connectivity index (χ3v) is 3.44. The summed E-state index contributed by atoms with van der Waals surface area (Å²) in [5.41, 5.74) is 0. The summed E-state index contributed by atoms with van der Waals surface area (Å²) < 4.78 is 52.0. The van der Waals surface area contributed by atoms with Crippen molar-refractivity contribution >= 4 is 20.1 Å². The zero-order chi connectivity index (χ0) is 11.0. The molecule has 0 aliphatic carbocycles. The monoisotopic (exact) mass is 237 g/mol. The van der Waals surface area contributed by atoms with Crippen molar-refractivity contribution in [2.45, 2.75) is 9.79 Å². The van der Waals surface area contributed by atoms with Crippen LogP contribution in [0.25, 0.3) is 0 Å². The molecule has 0 amide bonds. The summed E-state index contributed by atoms with van der Waals surface area (Å²) in [6.07, 6.45) is 0. The lowest BCUT2D eigenvalue weighted by Gasteiger charge is -2.03. The van der Waals surface area contributed by atoms with Gasteiger partial charge in [-0.25, -0.2) is 13.6 Å². The molecular formula is C6H7NO5S2. The Morgan fingerprint density at radius 2 is 1.43 bits per heavy atom. The summed E-state index contributed by atoms with van der Waals surface area (Å²) in [6, 6.07) is 4.53. The van der Waals surface area contributed by atoms with Crippen molar-refractivity contribution in [1.29, 1.82) is 0 Å². The summed E-state index contributed by atoms with van der Waals surface area (Å²) in [6.45, 7) is 0. The van der Waals surface area contributed by atoms with Crippen LogP contribution in [0.1, 0.15) is 0 Å². The Labute approximate surface area is 81.2 Å². The Balaban J connectivity index is 3.64. The number of hydrogen-bond donors (Lipinski definition) is 2. The lowest BCUT2D eigenvalue weighted by molar-refractivity contribution is 0.480. The molecule has 0 unspecified atom stereocenters. The van der Waals surface area contributed by atoms with Crippen LogP contribution in [0.3, 0.4) is 0 Å². The van der Waals surface area contributed by atoms with Gasteiger partial charge in [0.25, 0.3) is 10.1 Å². The van der Waals surface area contributed by atoms with E-state index in [1.165, 1.54) is 12.1 Å². The molecule has 1 aromatic carbocycles. The van der Waals surface area contributed by atoms with Gasteiger partial charge in [0.1, 0.15) is 9.79 Å². The number of nitrogens with two attached hydrogens (primary N) is 1. The largest absolute Gasteiger partial charge is 0.295 e. The van der Waals surface area contributed by atoms with Crippen molar-refractivity contribution in [2.24, 2.45) is 5.14 Å². The highest BCUT2D eigenvalue weighted by Gasteiger charge is 2.21. The molecule has 0 spiro atoms. The van der Waals surface area contributed by atoms with E-state index in [-0.39, 0.29) is 0 Å². The van der Waals surface area contributed by atoms with Crippen LogP contribution in [0.5, 0.6) is 0 Å². The second kappa shape index (κ2) is 3.31. The quantitative estimate of drug-likeness (QED) is 0.678. The van der Waals surface area contributed by atoms with Crippen LogP contribution in [-0.2, 0) is 20.1 Å². The highest BCUT2D eigenvalue weighted by atomic mass is 32.2. The number of rotatable bonds is 2. The van der Waals surface area contributed by atoms with Crippen LogP contribution >= 0.6 is 0 Å². The summed E-state index contributed by atoms with van der Waals surface area (Å²) in [5.74, 6) is 0. The van der Waals surface area contributed by atoms with Crippen molar-refractivity contribution in [1.82, 2.24) is 0 Å². The van der Waals surface area contributed by atoms with Gasteiger partial charge in [-0.2, -0.15) is 8.42 Å².